The van der Waals surface area contributed by atoms with E-state index >= 15 is 0 Å². The summed E-state index contributed by atoms with van der Waals surface area (Å²) in [7, 11) is 0. The highest BCUT2D eigenvalue weighted by atomic mass is 32.1. The summed E-state index contributed by atoms with van der Waals surface area (Å²) in [6.07, 6.45) is 4.28. The maximum atomic E-state index is 12.3. The molecular formula is C17H19F2N3O2S. The number of rotatable bonds is 5. The molecule has 1 atom stereocenters. The molecule has 2 aromatic rings. The van der Waals surface area contributed by atoms with Gasteiger partial charge in [0.05, 0.1) is 11.7 Å². The van der Waals surface area contributed by atoms with E-state index in [2.05, 4.69) is 20.4 Å². The molecule has 1 aliphatic rings. The Kier molecular flexibility index (Phi) is 5.47. The molecule has 0 saturated heterocycles. The van der Waals surface area contributed by atoms with E-state index in [1.54, 1.807) is 19.1 Å². The number of amides is 2. The summed E-state index contributed by atoms with van der Waals surface area (Å²) in [5, 5.41) is 6.12. The molecule has 0 fully saturated rings. The van der Waals surface area contributed by atoms with Crippen LogP contribution in [0.3, 0.4) is 0 Å². The van der Waals surface area contributed by atoms with Crippen LogP contribution in [0, 0.1) is 0 Å². The average Bonchev–Trinajstić information content (AvgIpc) is 2.96. The first-order chi connectivity index (χ1) is 12.0. The Morgan fingerprint density at radius 2 is 2.12 bits per heavy atom. The third-order valence-corrected chi connectivity index (χ3v) is 5.07. The van der Waals surface area contributed by atoms with Crippen molar-refractivity contribution < 1.29 is 18.3 Å². The minimum Gasteiger partial charge on any atom is -0.435 e. The summed E-state index contributed by atoms with van der Waals surface area (Å²) in [6, 6.07) is 5.54. The lowest BCUT2D eigenvalue weighted by atomic mass is 10.0. The van der Waals surface area contributed by atoms with Gasteiger partial charge in [-0.1, -0.05) is 12.1 Å². The molecule has 0 bridgehead atoms. The van der Waals surface area contributed by atoms with Gasteiger partial charge < -0.3 is 10.1 Å². The minimum atomic E-state index is -2.88. The minimum absolute atomic E-state index is 0.0640. The Hall–Kier alpha value is -2.22. The summed E-state index contributed by atoms with van der Waals surface area (Å²) in [6.45, 7) is -1.11. The van der Waals surface area contributed by atoms with Gasteiger partial charge in [0.1, 0.15) is 5.75 Å². The summed E-state index contributed by atoms with van der Waals surface area (Å²) in [5.74, 6) is 0.0640. The number of carbonyl (C=O) groups excluding carboxylic acids is 1. The predicted molar refractivity (Wildman–Crippen MR) is 92.4 cm³/mol. The van der Waals surface area contributed by atoms with Crippen molar-refractivity contribution in [3.63, 3.8) is 0 Å². The van der Waals surface area contributed by atoms with Gasteiger partial charge in [0.15, 0.2) is 5.13 Å². The Bertz CT molecular complexity index is 728. The Balaban J connectivity index is 1.59. The number of aryl methyl sites for hydroxylation is 2. The monoisotopic (exact) mass is 367 g/mol. The van der Waals surface area contributed by atoms with Gasteiger partial charge in [0.2, 0.25) is 0 Å². The standard InChI is InChI=1S/C17H19F2N3O2S/c1-10(11-5-4-6-12(9-11)24-15(18)19)20-16(23)22-17-21-13-7-2-3-8-14(13)25-17/h4-6,9-10,15H,2-3,7-8H2,1H3,(H2,20,21,22,23). The van der Waals surface area contributed by atoms with E-state index in [0.717, 1.165) is 31.4 Å². The number of halogens is 2. The Morgan fingerprint density at radius 3 is 2.88 bits per heavy atom. The third-order valence-electron chi connectivity index (χ3n) is 4.00. The molecule has 0 saturated carbocycles. The summed E-state index contributed by atoms with van der Waals surface area (Å²) >= 11 is 1.51. The van der Waals surface area contributed by atoms with Gasteiger partial charge in [-0.3, -0.25) is 5.32 Å². The Morgan fingerprint density at radius 1 is 1.32 bits per heavy atom. The lowest BCUT2D eigenvalue weighted by Crippen LogP contribution is -2.31. The van der Waals surface area contributed by atoms with Crippen molar-refractivity contribution in [2.24, 2.45) is 0 Å². The van der Waals surface area contributed by atoms with Crippen LogP contribution >= 0.6 is 11.3 Å². The van der Waals surface area contributed by atoms with E-state index in [9.17, 15) is 13.6 Å². The van der Waals surface area contributed by atoms with Gasteiger partial charge in [-0.15, -0.1) is 11.3 Å². The van der Waals surface area contributed by atoms with Crippen LogP contribution < -0.4 is 15.4 Å². The van der Waals surface area contributed by atoms with Crippen LogP contribution in [-0.2, 0) is 12.8 Å². The summed E-state index contributed by atoms with van der Waals surface area (Å²) < 4.78 is 29.0. The van der Waals surface area contributed by atoms with Crippen LogP contribution in [0.5, 0.6) is 5.75 Å². The van der Waals surface area contributed by atoms with Gasteiger partial charge in [-0.2, -0.15) is 8.78 Å². The fourth-order valence-corrected chi connectivity index (χ4v) is 3.82. The highest BCUT2D eigenvalue weighted by Gasteiger charge is 2.17. The highest BCUT2D eigenvalue weighted by molar-refractivity contribution is 7.15. The number of anilines is 1. The SMILES string of the molecule is CC(NC(=O)Nc1nc2c(s1)CCCC2)c1cccc(OC(F)F)c1. The molecule has 2 N–H and O–H groups in total. The molecule has 134 valence electrons. The highest BCUT2D eigenvalue weighted by Crippen LogP contribution is 2.29. The average molecular weight is 367 g/mol. The molecule has 1 aromatic carbocycles. The first-order valence-electron chi connectivity index (χ1n) is 8.12. The lowest BCUT2D eigenvalue weighted by Gasteiger charge is -2.15. The van der Waals surface area contributed by atoms with Gasteiger partial charge in [-0.05, 0) is 50.3 Å². The molecule has 3 rings (SSSR count). The molecule has 1 aromatic heterocycles. The van der Waals surface area contributed by atoms with Gasteiger partial charge in [-0.25, -0.2) is 9.78 Å². The van der Waals surface area contributed by atoms with E-state index in [1.807, 2.05) is 0 Å². The zero-order valence-electron chi connectivity index (χ0n) is 13.7. The fourth-order valence-electron chi connectivity index (χ4n) is 2.78. The molecule has 1 heterocycles. The normalized spacial score (nSPS) is 14.7. The first-order valence-corrected chi connectivity index (χ1v) is 8.94. The molecule has 1 unspecified atom stereocenters. The zero-order chi connectivity index (χ0) is 17.8. The van der Waals surface area contributed by atoms with E-state index in [1.165, 1.54) is 28.3 Å². The number of benzene rings is 1. The number of hydrogen-bond acceptors (Lipinski definition) is 4. The predicted octanol–water partition coefficient (Wildman–Crippen LogP) is 4.51. The molecule has 0 spiro atoms. The number of nitrogens with zero attached hydrogens (tertiary/aromatic N) is 1. The number of ether oxygens (including phenoxy) is 1. The van der Waals surface area contributed by atoms with Crippen molar-refractivity contribution >= 4 is 22.5 Å². The van der Waals surface area contributed by atoms with Gasteiger partial charge in [0, 0.05) is 4.88 Å². The number of thiazole rings is 1. The second-order valence-electron chi connectivity index (χ2n) is 5.87. The van der Waals surface area contributed by atoms with Crippen LogP contribution in [0.2, 0.25) is 0 Å². The first kappa shape index (κ1) is 17.6. The quantitative estimate of drug-likeness (QED) is 0.817. The smallest absolute Gasteiger partial charge is 0.387 e. The molecule has 2 amide bonds. The fraction of sp³-hybridized carbons (Fsp3) is 0.412. The van der Waals surface area contributed by atoms with Crippen molar-refractivity contribution in [2.75, 3.05) is 5.32 Å². The van der Waals surface area contributed by atoms with Crippen LogP contribution in [-0.4, -0.2) is 17.6 Å². The maximum absolute atomic E-state index is 12.3. The molecule has 8 heteroatoms. The second kappa shape index (κ2) is 7.77. The number of aromatic nitrogens is 1. The largest absolute Gasteiger partial charge is 0.435 e. The lowest BCUT2D eigenvalue weighted by molar-refractivity contribution is -0.0499. The number of hydrogen-bond donors (Lipinski definition) is 2. The maximum Gasteiger partial charge on any atom is 0.387 e. The third kappa shape index (κ3) is 4.66. The van der Waals surface area contributed by atoms with Crippen molar-refractivity contribution in [3.8, 4) is 5.75 Å². The van der Waals surface area contributed by atoms with Crippen molar-refractivity contribution in [3.05, 3.63) is 40.4 Å². The van der Waals surface area contributed by atoms with E-state index < -0.39 is 6.61 Å². The number of carbonyl (C=O) groups is 1. The topological polar surface area (TPSA) is 63.2 Å². The number of nitrogens with one attached hydrogen (secondary N) is 2. The number of fused-ring (bicyclic) bond motifs is 1. The summed E-state index contributed by atoms with van der Waals surface area (Å²) in [5.41, 5.74) is 1.75. The molecule has 0 aliphatic heterocycles. The number of urea groups is 1. The molecule has 1 aliphatic carbocycles. The van der Waals surface area contributed by atoms with Crippen molar-refractivity contribution in [1.29, 1.82) is 0 Å². The van der Waals surface area contributed by atoms with Crippen LogP contribution in [0.1, 0.15) is 41.9 Å². The Labute approximate surface area is 148 Å². The number of alkyl halides is 2. The molecular weight excluding hydrogens is 348 g/mol. The van der Waals surface area contributed by atoms with E-state index in [0.29, 0.717) is 10.7 Å². The van der Waals surface area contributed by atoms with Crippen molar-refractivity contribution in [2.45, 2.75) is 45.3 Å². The molecule has 5 nitrogen and oxygen atoms in total. The van der Waals surface area contributed by atoms with Crippen LogP contribution in [0.4, 0.5) is 18.7 Å². The van der Waals surface area contributed by atoms with Crippen LogP contribution in [0.25, 0.3) is 0 Å². The van der Waals surface area contributed by atoms with Crippen molar-refractivity contribution in [1.82, 2.24) is 10.3 Å². The molecule has 0 radical (unpaired) electrons. The van der Waals surface area contributed by atoms with Gasteiger partial charge >= 0.3 is 12.6 Å². The van der Waals surface area contributed by atoms with Gasteiger partial charge in [0.25, 0.3) is 0 Å². The second-order valence-corrected chi connectivity index (χ2v) is 6.95. The molecule has 25 heavy (non-hydrogen) atoms. The zero-order valence-corrected chi connectivity index (χ0v) is 14.5. The van der Waals surface area contributed by atoms with E-state index in [-0.39, 0.29) is 17.8 Å². The van der Waals surface area contributed by atoms with Crippen LogP contribution in [0.15, 0.2) is 24.3 Å². The van der Waals surface area contributed by atoms with E-state index in [4.69, 9.17) is 0 Å². The summed E-state index contributed by atoms with van der Waals surface area (Å²) in [4.78, 5) is 17.9.